The van der Waals surface area contributed by atoms with Crippen LogP contribution in [0.25, 0.3) is 0 Å². The van der Waals surface area contributed by atoms with Crippen molar-refractivity contribution in [3.63, 3.8) is 0 Å². The summed E-state index contributed by atoms with van der Waals surface area (Å²) >= 11 is 7.55. The zero-order chi connectivity index (χ0) is 17.4. The lowest BCUT2D eigenvalue weighted by atomic mass is 9.76. The van der Waals surface area contributed by atoms with Gasteiger partial charge in [-0.05, 0) is 101 Å². The highest BCUT2D eigenvalue weighted by molar-refractivity contribution is 9.10. The average molecular weight is 464 g/mol. The zero-order valence-corrected chi connectivity index (χ0v) is 17.8. The Morgan fingerprint density at radius 2 is 1.84 bits per heavy atom. The van der Waals surface area contributed by atoms with Crippen molar-refractivity contribution in [2.75, 3.05) is 13.1 Å². The molecular weight excluding hydrogens is 440 g/mol. The molecule has 1 aromatic heterocycles. The molecule has 25 heavy (non-hydrogen) atoms. The van der Waals surface area contributed by atoms with E-state index in [2.05, 4.69) is 62.3 Å². The first-order valence-corrected chi connectivity index (χ1v) is 10.9. The molecule has 1 N–H and O–H groups in total. The molecular formula is C21H24Br2N2. The van der Waals surface area contributed by atoms with Gasteiger partial charge in [-0.1, -0.05) is 28.9 Å². The van der Waals surface area contributed by atoms with Crippen molar-refractivity contribution in [3.8, 4) is 0 Å². The van der Waals surface area contributed by atoms with Crippen molar-refractivity contribution < 1.29 is 0 Å². The molecule has 2 heterocycles. The van der Waals surface area contributed by atoms with E-state index in [4.69, 9.17) is 4.98 Å². The van der Waals surface area contributed by atoms with Crippen LogP contribution in [0.1, 0.15) is 53.6 Å². The molecule has 0 spiro atoms. The molecule has 1 aliphatic heterocycles. The van der Waals surface area contributed by atoms with E-state index in [-0.39, 0.29) is 0 Å². The number of benzene rings is 1. The van der Waals surface area contributed by atoms with Crippen molar-refractivity contribution in [2.24, 2.45) is 5.92 Å². The number of nitrogens with zero attached hydrogens (tertiary/aromatic N) is 1. The summed E-state index contributed by atoms with van der Waals surface area (Å²) in [7, 11) is 0. The van der Waals surface area contributed by atoms with Crippen LogP contribution in [0.15, 0.2) is 33.3 Å². The number of hydrogen-bond acceptors (Lipinski definition) is 2. The molecule has 1 aromatic carbocycles. The summed E-state index contributed by atoms with van der Waals surface area (Å²) in [4.78, 5) is 4.93. The monoisotopic (exact) mass is 462 g/mol. The van der Waals surface area contributed by atoms with E-state index in [1.807, 2.05) is 6.20 Å². The molecule has 2 aliphatic rings. The van der Waals surface area contributed by atoms with E-state index in [0.29, 0.717) is 11.8 Å². The van der Waals surface area contributed by atoms with Crippen LogP contribution >= 0.6 is 31.9 Å². The first-order valence-electron chi connectivity index (χ1n) is 9.33. The van der Waals surface area contributed by atoms with Gasteiger partial charge in [0.1, 0.15) is 0 Å². The maximum atomic E-state index is 4.93. The van der Waals surface area contributed by atoms with Gasteiger partial charge in [0.05, 0.1) is 5.69 Å². The van der Waals surface area contributed by atoms with Gasteiger partial charge in [0.2, 0.25) is 0 Å². The molecule has 2 nitrogen and oxygen atoms in total. The normalized spacial score (nSPS) is 20.7. The van der Waals surface area contributed by atoms with Crippen LogP contribution in [0.2, 0.25) is 0 Å². The van der Waals surface area contributed by atoms with E-state index < -0.39 is 0 Å². The van der Waals surface area contributed by atoms with Gasteiger partial charge in [-0.3, -0.25) is 4.98 Å². The van der Waals surface area contributed by atoms with Crippen LogP contribution in [-0.2, 0) is 19.3 Å². The quantitative estimate of drug-likeness (QED) is 0.644. The third-order valence-corrected chi connectivity index (χ3v) is 6.87. The molecule has 1 aliphatic carbocycles. The van der Waals surface area contributed by atoms with Crippen molar-refractivity contribution in [1.82, 2.24) is 10.3 Å². The van der Waals surface area contributed by atoms with Gasteiger partial charge in [0.15, 0.2) is 0 Å². The van der Waals surface area contributed by atoms with Gasteiger partial charge in [0, 0.05) is 21.1 Å². The number of pyridine rings is 1. The van der Waals surface area contributed by atoms with Gasteiger partial charge in [0.25, 0.3) is 0 Å². The highest BCUT2D eigenvalue weighted by atomic mass is 79.9. The Morgan fingerprint density at radius 1 is 1.08 bits per heavy atom. The Kier molecular flexibility index (Phi) is 5.30. The number of aryl methyl sites for hydroxylation is 3. The molecule has 132 valence electrons. The molecule has 1 unspecified atom stereocenters. The second-order valence-corrected chi connectivity index (χ2v) is 9.04. The van der Waals surface area contributed by atoms with E-state index in [1.165, 1.54) is 45.3 Å². The summed E-state index contributed by atoms with van der Waals surface area (Å²) in [5.74, 6) is 1.07. The molecule has 0 amide bonds. The first-order chi connectivity index (χ1) is 12.2. The molecule has 0 bridgehead atoms. The van der Waals surface area contributed by atoms with Crippen molar-refractivity contribution in [3.05, 3.63) is 61.3 Å². The van der Waals surface area contributed by atoms with Gasteiger partial charge >= 0.3 is 0 Å². The Hall–Kier alpha value is -0.710. The second kappa shape index (κ2) is 7.50. The Bertz CT molecular complexity index is 782. The molecule has 1 atom stereocenters. The van der Waals surface area contributed by atoms with Crippen LogP contribution in [0.4, 0.5) is 0 Å². The summed E-state index contributed by atoms with van der Waals surface area (Å²) in [6.07, 6.45) is 7.70. The summed E-state index contributed by atoms with van der Waals surface area (Å²) in [6.45, 7) is 4.47. The molecule has 0 saturated carbocycles. The number of hydrogen-bond donors (Lipinski definition) is 1. The van der Waals surface area contributed by atoms with Gasteiger partial charge in [-0.2, -0.15) is 0 Å². The number of nitrogens with one attached hydrogen (secondary N) is 1. The molecule has 4 rings (SSSR count). The Morgan fingerprint density at radius 3 is 2.60 bits per heavy atom. The number of piperidine rings is 1. The second-order valence-electron chi connectivity index (χ2n) is 7.27. The number of halogens is 2. The number of rotatable bonds is 2. The number of fused-ring (bicyclic) bond motifs is 2. The van der Waals surface area contributed by atoms with Crippen molar-refractivity contribution in [1.29, 1.82) is 0 Å². The third-order valence-electron chi connectivity index (χ3n) is 5.78. The van der Waals surface area contributed by atoms with Crippen molar-refractivity contribution in [2.45, 2.75) is 44.9 Å². The van der Waals surface area contributed by atoms with E-state index in [0.717, 1.165) is 36.8 Å². The van der Waals surface area contributed by atoms with Gasteiger partial charge in [-0.15, -0.1) is 0 Å². The van der Waals surface area contributed by atoms with Crippen LogP contribution < -0.4 is 5.32 Å². The van der Waals surface area contributed by atoms with Crippen LogP contribution in [0, 0.1) is 5.92 Å². The topological polar surface area (TPSA) is 24.9 Å². The highest BCUT2D eigenvalue weighted by Crippen LogP contribution is 2.45. The summed E-state index contributed by atoms with van der Waals surface area (Å²) in [6, 6.07) is 7.06. The van der Waals surface area contributed by atoms with E-state index in [1.54, 1.807) is 0 Å². The largest absolute Gasteiger partial charge is 0.317 e. The highest BCUT2D eigenvalue weighted by Gasteiger charge is 2.34. The van der Waals surface area contributed by atoms with Crippen LogP contribution in [-0.4, -0.2) is 18.1 Å². The molecule has 4 heteroatoms. The summed E-state index contributed by atoms with van der Waals surface area (Å²) in [5.41, 5.74) is 7.16. The van der Waals surface area contributed by atoms with E-state index >= 15 is 0 Å². The van der Waals surface area contributed by atoms with Crippen molar-refractivity contribution >= 4 is 31.9 Å². The summed E-state index contributed by atoms with van der Waals surface area (Å²) in [5, 5.41) is 3.52. The minimum absolute atomic E-state index is 0.406. The Balaban J connectivity index is 1.90. The molecule has 1 fully saturated rings. The molecule has 0 radical (unpaired) electrons. The van der Waals surface area contributed by atoms with Crippen LogP contribution in [0.3, 0.4) is 0 Å². The zero-order valence-electron chi connectivity index (χ0n) is 14.6. The standard InChI is InChI=1S/C21H24Br2N2/c1-2-13-9-15-3-4-16-11-17(22)12-25-21(16)20(19(15)18(23)10-13)14-5-7-24-8-6-14/h9-12,14,20,24H,2-8H2,1H3. The first kappa shape index (κ1) is 17.7. The lowest BCUT2D eigenvalue weighted by Crippen LogP contribution is -2.32. The lowest BCUT2D eigenvalue weighted by Gasteiger charge is -2.32. The summed E-state index contributed by atoms with van der Waals surface area (Å²) < 4.78 is 2.37. The predicted molar refractivity (Wildman–Crippen MR) is 110 cm³/mol. The minimum Gasteiger partial charge on any atom is -0.317 e. The maximum Gasteiger partial charge on any atom is 0.0514 e. The van der Waals surface area contributed by atoms with E-state index in [9.17, 15) is 0 Å². The lowest BCUT2D eigenvalue weighted by molar-refractivity contribution is 0.338. The SMILES string of the molecule is CCc1cc(Br)c2c(c1)CCc1cc(Br)cnc1C2C1CCNCC1. The average Bonchev–Trinajstić information content (AvgIpc) is 2.79. The van der Waals surface area contributed by atoms with Gasteiger partial charge in [-0.25, -0.2) is 0 Å². The fraction of sp³-hybridized carbons (Fsp3) is 0.476. The van der Waals surface area contributed by atoms with Crippen LogP contribution in [0.5, 0.6) is 0 Å². The predicted octanol–water partition coefficient (Wildman–Crippen LogP) is 5.40. The minimum atomic E-state index is 0.406. The smallest absolute Gasteiger partial charge is 0.0514 e. The maximum absolute atomic E-state index is 4.93. The fourth-order valence-electron chi connectivity index (χ4n) is 4.51. The fourth-order valence-corrected chi connectivity index (χ4v) is 5.69. The third kappa shape index (κ3) is 3.45. The van der Waals surface area contributed by atoms with Gasteiger partial charge < -0.3 is 5.32 Å². The molecule has 2 aromatic rings. The molecule has 1 saturated heterocycles. The Labute approximate surface area is 167 Å². The number of aromatic nitrogens is 1.